The zero-order valence-corrected chi connectivity index (χ0v) is 19.2. The first kappa shape index (κ1) is 22.9. The maximum atomic E-state index is 13.1. The Morgan fingerprint density at radius 2 is 1.85 bits per heavy atom. The number of rotatable bonds is 7. The number of piperidine rings is 1. The monoisotopic (exact) mass is 470 g/mol. The van der Waals surface area contributed by atoms with Gasteiger partial charge in [0.2, 0.25) is 15.9 Å². The normalized spacial score (nSPS) is 14.8. The van der Waals surface area contributed by atoms with Crippen molar-refractivity contribution < 1.29 is 17.9 Å². The van der Waals surface area contributed by atoms with Crippen LogP contribution in [0.2, 0.25) is 0 Å². The van der Waals surface area contributed by atoms with Crippen molar-refractivity contribution >= 4 is 32.4 Å². The number of hydrogen-bond acceptors (Lipinski definition) is 6. The van der Waals surface area contributed by atoms with E-state index in [4.69, 9.17) is 4.74 Å². The van der Waals surface area contributed by atoms with Crippen LogP contribution in [-0.2, 0) is 21.2 Å². The summed E-state index contributed by atoms with van der Waals surface area (Å²) in [6.45, 7) is 3.14. The number of fused-ring (bicyclic) bond motifs is 1. The molecule has 0 spiro atoms. The van der Waals surface area contributed by atoms with E-state index in [1.165, 1.54) is 16.4 Å². The van der Waals surface area contributed by atoms with E-state index in [1.54, 1.807) is 37.3 Å². The van der Waals surface area contributed by atoms with Crippen molar-refractivity contribution in [2.24, 2.45) is 0 Å². The number of sulfonamides is 1. The van der Waals surface area contributed by atoms with Crippen molar-refractivity contribution in [2.75, 3.05) is 25.0 Å². The molecule has 1 amide bonds. The molecule has 1 aliphatic heterocycles. The molecular weight excluding hydrogens is 444 g/mol. The third kappa shape index (κ3) is 4.91. The van der Waals surface area contributed by atoms with Gasteiger partial charge in [-0.1, -0.05) is 24.6 Å². The number of carbonyl (C=O) groups is 1. The number of carbonyl (C=O) groups excluding carboxylic acids is 1. The molecular formula is C23H26N4O5S. The summed E-state index contributed by atoms with van der Waals surface area (Å²) in [6.07, 6.45) is 2.58. The molecule has 174 valence electrons. The van der Waals surface area contributed by atoms with E-state index in [9.17, 15) is 18.0 Å². The van der Waals surface area contributed by atoms with Crippen LogP contribution >= 0.6 is 0 Å². The third-order valence-corrected chi connectivity index (χ3v) is 7.48. The van der Waals surface area contributed by atoms with Crippen molar-refractivity contribution in [3.63, 3.8) is 0 Å². The molecule has 2 N–H and O–H groups in total. The van der Waals surface area contributed by atoms with Gasteiger partial charge in [-0.05, 0) is 44.0 Å². The van der Waals surface area contributed by atoms with Gasteiger partial charge in [-0.15, -0.1) is 0 Å². The van der Waals surface area contributed by atoms with Crippen molar-refractivity contribution in [3.8, 4) is 5.75 Å². The largest absolute Gasteiger partial charge is 0.492 e. The van der Waals surface area contributed by atoms with Gasteiger partial charge in [0.1, 0.15) is 5.75 Å². The van der Waals surface area contributed by atoms with Gasteiger partial charge in [0.15, 0.2) is 0 Å². The number of amides is 1. The van der Waals surface area contributed by atoms with E-state index >= 15 is 0 Å². The number of nitrogens with one attached hydrogen (secondary N) is 2. The Bertz CT molecular complexity index is 1330. The lowest BCUT2D eigenvalue weighted by molar-refractivity contribution is -0.115. The molecule has 0 bridgehead atoms. The standard InChI is InChI=1S/C23H26N4O5S/c1-2-32-21-11-10-16(33(30,31)27-12-6-3-7-13-27)14-20(21)24-22(28)15-19-17-8-4-5-9-18(17)23(29)26-25-19/h4-5,8-11,14H,2-3,6-7,12-13,15H2,1H3,(H,24,28)(H,26,29). The van der Waals surface area contributed by atoms with Crippen LogP contribution in [-0.4, -0.2) is 48.5 Å². The highest BCUT2D eigenvalue weighted by atomic mass is 32.2. The Balaban J connectivity index is 1.61. The Morgan fingerprint density at radius 1 is 1.12 bits per heavy atom. The predicted molar refractivity (Wildman–Crippen MR) is 125 cm³/mol. The molecule has 10 heteroatoms. The minimum atomic E-state index is -3.67. The molecule has 0 radical (unpaired) electrons. The van der Waals surface area contributed by atoms with Crippen LogP contribution in [0.1, 0.15) is 31.9 Å². The summed E-state index contributed by atoms with van der Waals surface area (Å²) in [5.74, 6) is -0.0316. The topological polar surface area (TPSA) is 121 Å². The second-order valence-electron chi connectivity index (χ2n) is 7.83. The number of aromatic nitrogens is 2. The van der Waals surface area contributed by atoms with Gasteiger partial charge in [0.05, 0.1) is 34.7 Å². The van der Waals surface area contributed by atoms with Crippen LogP contribution in [0.3, 0.4) is 0 Å². The first-order chi connectivity index (χ1) is 15.9. The van der Waals surface area contributed by atoms with Crippen LogP contribution in [0.25, 0.3) is 10.8 Å². The van der Waals surface area contributed by atoms with Crippen LogP contribution < -0.4 is 15.6 Å². The lowest BCUT2D eigenvalue weighted by atomic mass is 10.1. The summed E-state index contributed by atoms with van der Waals surface area (Å²) < 4.78 is 33.3. The Hall–Kier alpha value is -3.24. The molecule has 1 fully saturated rings. The number of nitrogens with zero attached hydrogens (tertiary/aromatic N) is 2. The number of aromatic amines is 1. The van der Waals surface area contributed by atoms with Gasteiger partial charge in [-0.3, -0.25) is 9.59 Å². The van der Waals surface area contributed by atoms with Crippen molar-refractivity contribution in [1.82, 2.24) is 14.5 Å². The van der Waals surface area contributed by atoms with E-state index in [0.29, 0.717) is 41.9 Å². The smallest absolute Gasteiger partial charge is 0.272 e. The molecule has 0 atom stereocenters. The molecule has 3 aromatic rings. The molecule has 1 aromatic heterocycles. The van der Waals surface area contributed by atoms with E-state index in [-0.39, 0.29) is 22.6 Å². The molecule has 0 unspecified atom stereocenters. The Kier molecular flexibility index (Phi) is 6.75. The molecule has 0 aliphatic carbocycles. The fourth-order valence-corrected chi connectivity index (χ4v) is 5.50. The van der Waals surface area contributed by atoms with Gasteiger partial charge in [-0.25, -0.2) is 13.5 Å². The van der Waals surface area contributed by atoms with E-state index < -0.39 is 15.9 Å². The summed E-state index contributed by atoms with van der Waals surface area (Å²) >= 11 is 0. The highest BCUT2D eigenvalue weighted by Crippen LogP contribution is 2.30. The second-order valence-corrected chi connectivity index (χ2v) is 9.76. The summed E-state index contributed by atoms with van der Waals surface area (Å²) in [4.78, 5) is 25.0. The lowest BCUT2D eigenvalue weighted by Crippen LogP contribution is -2.35. The van der Waals surface area contributed by atoms with Crippen LogP contribution in [0.15, 0.2) is 52.2 Å². The van der Waals surface area contributed by atoms with Gasteiger partial charge in [-0.2, -0.15) is 9.40 Å². The molecule has 9 nitrogen and oxygen atoms in total. The van der Waals surface area contributed by atoms with E-state index in [2.05, 4.69) is 15.5 Å². The maximum absolute atomic E-state index is 13.1. The minimum absolute atomic E-state index is 0.105. The minimum Gasteiger partial charge on any atom is -0.492 e. The summed E-state index contributed by atoms with van der Waals surface area (Å²) in [5, 5.41) is 10.2. The number of anilines is 1. The highest BCUT2D eigenvalue weighted by molar-refractivity contribution is 7.89. The van der Waals surface area contributed by atoms with Crippen LogP contribution in [0.5, 0.6) is 5.75 Å². The average molecular weight is 471 g/mol. The van der Waals surface area contributed by atoms with E-state index in [0.717, 1.165) is 19.3 Å². The molecule has 0 saturated carbocycles. The van der Waals surface area contributed by atoms with E-state index in [1.807, 2.05) is 0 Å². The fraction of sp³-hybridized carbons (Fsp3) is 0.348. The quantitative estimate of drug-likeness (QED) is 0.548. The zero-order valence-electron chi connectivity index (χ0n) is 18.3. The summed E-state index contributed by atoms with van der Waals surface area (Å²) in [7, 11) is -3.67. The fourth-order valence-electron chi connectivity index (χ4n) is 3.96. The van der Waals surface area contributed by atoms with Gasteiger partial charge >= 0.3 is 0 Å². The maximum Gasteiger partial charge on any atom is 0.272 e. The molecule has 1 aliphatic rings. The number of H-pyrrole nitrogens is 1. The number of hydrogen-bond donors (Lipinski definition) is 2. The molecule has 2 heterocycles. The van der Waals surface area contributed by atoms with Crippen LogP contribution in [0.4, 0.5) is 5.69 Å². The highest BCUT2D eigenvalue weighted by Gasteiger charge is 2.27. The molecule has 1 saturated heterocycles. The Labute approximate surface area is 191 Å². The van der Waals surface area contributed by atoms with Crippen molar-refractivity contribution in [3.05, 3.63) is 58.5 Å². The Morgan fingerprint density at radius 3 is 2.58 bits per heavy atom. The summed E-state index contributed by atoms with van der Waals surface area (Å²) in [5.41, 5.74) is 0.357. The number of ether oxygens (including phenoxy) is 1. The average Bonchev–Trinajstić information content (AvgIpc) is 2.83. The van der Waals surface area contributed by atoms with Crippen molar-refractivity contribution in [2.45, 2.75) is 37.5 Å². The first-order valence-corrected chi connectivity index (χ1v) is 12.4. The van der Waals surface area contributed by atoms with Crippen LogP contribution in [0, 0.1) is 0 Å². The first-order valence-electron chi connectivity index (χ1n) is 10.9. The van der Waals surface area contributed by atoms with Gasteiger partial charge in [0.25, 0.3) is 5.56 Å². The van der Waals surface area contributed by atoms with Gasteiger partial charge < -0.3 is 10.1 Å². The SMILES string of the molecule is CCOc1ccc(S(=O)(=O)N2CCCCC2)cc1NC(=O)Cc1n[nH]c(=O)c2ccccc12. The van der Waals surface area contributed by atoms with Gasteiger partial charge in [0, 0.05) is 18.5 Å². The lowest BCUT2D eigenvalue weighted by Gasteiger charge is -2.26. The summed E-state index contributed by atoms with van der Waals surface area (Å²) in [6, 6.07) is 11.4. The number of benzene rings is 2. The molecule has 2 aromatic carbocycles. The third-order valence-electron chi connectivity index (χ3n) is 5.58. The molecule has 4 rings (SSSR count). The molecule has 33 heavy (non-hydrogen) atoms. The zero-order chi connectivity index (χ0) is 23.4. The van der Waals surface area contributed by atoms with Crippen molar-refractivity contribution in [1.29, 1.82) is 0 Å². The second kappa shape index (κ2) is 9.72. The predicted octanol–water partition coefficient (Wildman–Crippen LogP) is 2.68.